The van der Waals surface area contributed by atoms with Crippen molar-refractivity contribution < 1.29 is 0 Å². The first kappa shape index (κ1) is 15.9. The van der Waals surface area contributed by atoms with Gasteiger partial charge in [-0.05, 0) is 31.4 Å². The lowest BCUT2D eigenvalue weighted by atomic mass is 10.1. The molecule has 25 heavy (non-hydrogen) atoms. The molecular formula is C18H17N5OS. The van der Waals surface area contributed by atoms with E-state index in [1.165, 1.54) is 16.4 Å². The fourth-order valence-electron chi connectivity index (χ4n) is 3.30. The molecule has 3 heterocycles. The number of hydrogen-bond acceptors (Lipinski definition) is 5. The summed E-state index contributed by atoms with van der Waals surface area (Å²) >= 11 is 1.41. The van der Waals surface area contributed by atoms with Gasteiger partial charge in [-0.1, -0.05) is 36.4 Å². The lowest BCUT2D eigenvalue weighted by Gasteiger charge is -2.16. The number of benzene rings is 1. The van der Waals surface area contributed by atoms with Crippen LogP contribution in [0.2, 0.25) is 0 Å². The van der Waals surface area contributed by atoms with Crippen LogP contribution in [0.5, 0.6) is 0 Å². The summed E-state index contributed by atoms with van der Waals surface area (Å²) in [5.41, 5.74) is 2.25. The Balaban J connectivity index is 1.96. The molecule has 0 radical (unpaired) electrons. The summed E-state index contributed by atoms with van der Waals surface area (Å²) in [7, 11) is 0. The molecule has 3 aliphatic rings. The van der Waals surface area contributed by atoms with Crippen LogP contribution in [0, 0.1) is 11.3 Å². The predicted octanol–water partition coefficient (Wildman–Crippen LogP) is 2.88. The van der Waals surface area contributed by atoms with Gasteiger partial charge in [-0.3, -0.25) is 4.79 Å². The third kappa shape index (κ3) is 2.83. The number of aromatic nitrogens is 4. The van der Waals surface area contributed by atoms with Crippen LogP contribution in [-0.2, 0) is 13.0 Å². The van der Waals surface area contributed by atoms with Crippen molar-refractivity contribution in [3.63, 3.8) is 0 Å². The molecule has 0 fully saturated rings. The van der Waals surface area contributed by atoms with Crippen LogP contribution in [0.4, 0.5) is 0 Å². The van der Waals surface area contributed by atoms with Gasteiger partial charge in [-0.25, -0.2) is 4.98 Å². The standard InChI is InChI=1S/C18H17N5OS/c19-10-12-25-18-20-16-15(14-9-5-2-6-11-22(14)18)17(24)23(21-16)13-7-3-1-4-8-13/h1,3-4,7-8H,2,5-6,9,11-12H2. The van der Waals surface area contributed by atoms with E-state index in [-0.39, 0.29) is 5.56 Å². The highest BCUT2D eigenvalue weighted by molar-refractivity contribution is 7.99. The first-order chi connectivity index (χ1) is 12.3. The summed E-state index contributed by atoms with van der Waals surface area (Å²) < 4.78 is 3.55. The second-order valence-corrected chi connectivity index (χ2v) is 6.94. The maximum atomic E-state index is 13.0. The average Bonchev–Trinajstić information content (AvgIpc) is 2.82. The molecule has 0 bridgehead atoms. The Morgan fingerprint density at radius 1 is 1.20 bits per heavy atom. The van der Waals surface area contributed by atoms with Gasteiger partial charge < -0.3 is 4.57 Å². The fraction of sp³-hybridized carbons (Fsp3) is 0.333. The number of para-hydroxylation sites is 1. The largest absolute Gasteiger partial charge is 0.324 e. The van der Waals surface area contributed by atoms with E-state index in [2.05, 4.69) is 20.7 Å². The van der Waals surface area contributed by atoms with Crippen LogP contribution >= 0.6 is 11.8 Å². The first-order valence-corrected chi connectivity index (χ1v) is 9.36. The zero-order valence-electron chi connectivity index (χ0n) is 13.7. The van der Waals surface area contributed by atoms with E-state index in [0.29, 0.717) is 17.1 Å². The summed E-state index contributed by atoms with van der Waals surface area (Å²) in [6.45, 7) is 0.835. The molecular weight excluding hydrogens is 334 g/mol. The molecule has 0 saturated carbocycles. The van der Waals surface area contributed by atoms with Gasteiger partial charge in [0.25, 0.3) is 5.56 Å². The van der Waals surface area contributed by atoms with E-state index in [1.54, 1.807) is 0 Å². The summed E-state index contributed by atoms with van der Waals surface area (Å²) in [5, 5.41) is 14.2. The number of thioether (sulfide) groups is 1. The molecule has 0 unspecified atom stereocenters. The number of hydrogen-bond donors (Lipinski definition) is 0. The summed E-state index contributed by atoms with van der Waals surface area (Å²) in [6.07, 6.45) is 4.09. The SMILES string of the molecule is N#CCSc1nc2nn(-c3ccccc3)c(=O)c-2c2n1CCCCC2. The van der Waals surface area contributed by atoms with Crippen LogP contribution in [0.25, 0.3) is 17.1 Å². The Bertz CT molecular complexity index is 970. The number of nitriles is 1. The smallest absolute Gasteiger partial charge is 0.284 e. The first-order valence-electron chi connectivity index (χ1n) is 8.37. The van der Waals surface area contributed by atoms with Crippen molar-refractivity contribution in [3.05, 3.63) is 46.4 Å². The fourth-order valence-corrected chi connectivity index (χ4v) is 4.01. The van der Waals surface area contributed by atoms with Crippen molar-refractivity contribution in [1.29, 1.82) is 5.26 Å². The Morgan fingerprint density at radius 3 is 2.84 bits per heavy atom. The highest BCUT2D eigenvalue weighted by Crippen LogP contribution is 2.30. The Kier molecular flexibility index (Phi) is 4.28. The zero-order valence-corrected chi connectivity index (χ0v) is 14.5. The predicted molar refractivity (Wildman–Crippen MR) is 96.1 cm³/mol. The molecule has 0 aromatic heterocycles. The summed E-state index contributed by atoms with van der Waals surface area (Å²) in [4.78, 5) is 17.6. The van der Waals surface area contributed by atoms with Crippen LogP contribution in [0.1, 0.15) is 25.0 Å². The quantitative estimate of drug-likeness (QED) is 0.536. The minimum absolute atomic E-state index is 0.115. The maximum absolute atomic E-state index is 13.0. The van der Waals surface area contributed by atoms with Gasteiger partial charge in [0.15, 0.2) is 11.0 Å². The molecule has 0 spiro atoms. The van der Waals surface area contributed by atoms with Crippen molar-refractivity contribution in [2.45, 2.75) is 37.4 Å². The average molecular weight is 351 g/mol. The van der Waals surface area contributed by atoms with Gasteiger partial charge >= 0.3 is 0 Å². The monoisotopic (exact) mass is 351 g/mol. The van der Waals surface area contributed by atoms with Gasteiger partial charge in [-0.15, -0.1) is 5.10 Å². The molecule has 7 heteroatoms. The van der Waals surface area contributed by atoms with E-state index >= 15 is 0 Å². The number of rotatable bonds is 3. The van der Waals surface area contributed by atoms with E-state index in [0.717, 1.165) is 48.8 Å². The van der Waals surface area contributed by atoms with Gasteiger partial charge in [0.1, 0.15) is 5.56 Å². The molecule has 126 valence electrons. The van der Waals surface area contributed by atoms with Crippen molar-refractivity contribution in [1.82, 2.24) is 19.3 Å². The molecule has 0 N–H and O–H groups in total. The van der Waals surface area contributed by atoms with Crippen molar-refractivity contribution >= 4 is 11.8 Å². The second kappa shape index (κ2) is 6.73. The molecule has 3 aliphatic heterocycles. The van der Waals surface area contributed by atoms with Crippen LogP contribution in [0.15, 0.2) is 40.3 Å². The van der Waals surface area contributed by atoms with E-state index < -0.39 is 0 Å². The van der Waals surface area contributed by atoms with Crippen LogP contribution < -0.4 is 5.56 Å². The van der Waals surface area contributed by atoms with Crippen LogP contribution in [0.3, 0.4) is 0 Å². The Labute approximate surface area is 149 Å². The van der Waals surface area contributed by atoms with Crippen molar-refractivity contribution in [3.8, 4) is 23.1 Å². The van der Waals surface area contributed by atoms with Crippen molar-refractivity contribution in [2.75, 3.05) is 5.75 Å². The number of nitrogens with zero attached hydrogens (tertiary/aromatic N) is 5. The molecule has 0 aliphatic carbocycles. The normalized spacial score (nSPS) is 14.0. The summed E-state index contributed by atoms with van der Waals surface area (Å²) in [6, 6.07) is 11.6. The highest BCUT2D eigenvalue weighted by Gasteiger charge is 2.26. The minimum atomic E-state index is -0.115. The Morgan fingerprint density at radius 2 is 2.04 bits per heavy atom. The lowest BCUT2D eigenvalue weighted by Crippen LogP contribution is -2.19. The van der Waals surface area contributed by atoms with Crippen molar-refractivity contribution in [2.24, 2.45) is 0 Å². The molecule has 1 aromatic carbocycles. The maximum Gasteiger partial charge on any atom is 0.284 e. The molecule has 0 amide bonds. The number of fused-ring (bicyclic) bond motifs is 3. The molecule has 0 saturated heterocycles. The topological polar surface area (TPSA) is 76.5 Å². The second-order valence-electron chi connectivity index (χ2n) is 6.00. The van der Waals surface area contributed by atoms with Gasteiger partial charge in [0.05, 0.1) is 17.5 Å². The van der Waals surface area contributed by atoms with E-state index in [9.17, 15) is 4.79 Å². The Hall–Kier alpha value is -2.59. The summed E-state index contributed by atoms with van der Waals surface area (Å²) in [5.74, 6) is 0.809. The van der Waals surface area contributed by atoms with E-state index in [4.69, 9.17) is 5.26 Å². The van der Waals surface area contributed by atoms with Gasteiger partial charge in [0, 0.05) is 12.2 Å². The molecule has 0 atom stereocenters. The minimum Gasteiger partial charge on any atom is -0.324 e. The lowest BCUT2D eigenvalue weighted by molar-refractivity contribution is 0.571. The third-order valence-electron chi connectivity index (χ3n) is 4.43. The zero-order chi connectivity index (χ0) is 17.2. The molecule has 1 aromatic rings. The van der Waals surface area contributed by atoms with E-state index in [1.807, 2.05) is 30.3 Å². The third-order valence-corrected chi connectivity index (χ3v) is 5.28. The van der Waals surface area contributed by atoms with Gasteiger partial charge in [-0.2, -0.15) is 9.94 Å². The van der Waals surface area contributed by atoms with Gasteiger partial charge in [0.2, 0.25) is 0 Å². The van der Waals surface area contributed by atoms with Crippen LogP contribution in [-0.4, -0.2) is 25.1 Å². The molecule has 4 rings (SSSR count). The highest BCUT2D eigenvalue weighted by atomic mass is 32.2. The molecule has 6 nitrogen and oxygen atoms in total.